The van der Waals surface area contributed by atoms with Crippen LogP contribution in [0.2, 0.25) is 38.5 Å². The van der Waals surface area contributed by atoms with E-state index in [4.69, 9.17) is 9.40 Å². The minimum absolute atomic E-state index is 0.347. The SMILES string of the molecule is CC(C)c1coc([C]23[CH]4[CH]5[CH]6[C@]2(P(c2ccccc2)c2ccccc2)[Fe]54632789[CH]3[CH]2[CH]7[CH]8[CH]39)n1. The Hall–Kier alpha value is -1.40. The van der Waals surface area contributed by atoms with Gasteiger partial charge in [0, 0.05) is 0 Å². The molecule has 32 heavy (non-hydrogen) atoms. The molecule has 4 unspecified atom stereocenters. The van der Waals surface area contributed by atoms with Gasteiger partial charge < -0.3 is 0 Å². The molecule has 0 bridgehead atoms. The molecule has 0 N–H and O–H groups in total. The molecule has 0 saturated carbocycles. The van der Waals surface area contributed by atoms with Crippen LogP contribution in [0.25, 0.3) is 0 Å². The first-order valence-corrected chi connectivity index (χ1v) is 20.1. The van der Waals surface area contributed by atoms with Crippen molar-refractivity contribution in [1.29, 1.82) is 0 Å². The van der Waals surface area contributed by atoms with E-state index in [1.807, 2.05) is 6.26 Å². The molecule has 3 aromatic rings. The number of hydrogen-bond donors (Lipinski definition) is 0. The molecule has 1 aromatic heterocycles. The Balaban J connectivity index is 1.22. The first-order chi connectivity index (χ1) is 15.4. The molecule has 0 radical (unpaired) electrons. The summed E-state index contributed by atoms with van der Waals surface area (Å²) >= 11 is 0. The predicted molar refractivity (Wildman–Crippen MR) is 124 cm³/mol. The molecule has 5 atom stereocenters. The van der Waals surface area contributed by atoms with Gasteiger partial charge in [-0.3, -0.25) is 0 Å². The first kappa shape index (κ1) is 14.8. The number of aromatic nitrogens is 1. The van der Waals surface area contributed by atoms with Crippen LogP contribution in [0.3, 0.4) is 0 Å². The van der Waals surface area contributed by atoms with Crippen LogP contribution in [-0.2, 0) is 10.8 Å². The van der Waals surface area contributed by atoms with Crippen LogP contribution in [-0.4, -0.2) is 9.04 Å². The van der Waals surface area contributed by atoms with Gasteiger partial charge in [0.2, 0.25) is 0 Å². The number of rotatable bonds is 5. The third-order valence-corrected chi connectivity index (χ3v) is 68.2. The van der Waals surface area contributed by atoms with E-state index < -0.39 is 6.51 Å². The molecule has 4 heteroatoms. The summed E-state index contributed by atoms with van der Waals surface area (Å²) in [6.07, 6.45) is 2.05. The topological polar surface area (TPSA) is 26.0 Å². The van der Waals surface area contributed by atoms with Crippen LogP contribution in [0.1, 0.15) is 31.4 Å². The average molecular weight is 479 g/mol. The Morgan fingerprint density at radius 1 is 0.812 bits per heavy atom. The maximum atomic E-state index is 6.63. The zero-order valence-corrected chi connectivity index (χ0v) is 20.2. The number of fused-ring (bicyclic) bond motifs is 10. The van der Waals surface area contributed by atoms with E-state index in [2.05, 4.69) is 74.5 Å². The summed E-state index contributed by atoms with van der Waals surface area (Å²) < 4.78 is 7.73. The standard InChI is InChI=1S/C23H21NOP.C5H5.Fe/c1-17(2)21-16-25-23(24-21)20-14-9-15-22(20)26(18-10-5-3-6-11-18)19-12-7-4-8-13-19;1-2-4-5-3-1;/h3-17H,1-2H3;1-5H;. The summed E-state index contributed by atoms with van der Waals surface area (Å²) in [5.74, 6) is 1.74. The van der Waals surface area contributed by atoms with Gasteiger partial charge in [-0.15, -0.1) is 0 Å². The zero-order chi connectivity index (χ0) is 20.6. The Bertz CT molecular complexity index is 1810. The summed E-state index contributed by atoms with van der Waals surface area (Å²) in [5, 5.41) is 3.30. The summed E-state index contributed by atoms with van der Waals surface area (Å²) in [6, 6.07) is 23.5. The van der Waals surface area contributed by atoms with Gasteiger partial charge in [-0.25, -0.2) is 0 Å². The van der Waals surface area contributed by atoms with Crippen molar-refractivity contribution in [2.45, 2.75) is 66.7 Å². The van der Waals surface area contributed by atoms with Gasteiger partial charge in [-0.2, -0.15) is 0 Å². The van der Waals surface area contributed by atoms with Gasteiger partial charge in [0.15, 0.2) is 0 Å². The van der Waals surface area contributed by atoms with Crippen molar-refractivity contribution in [2.75, 3.05) is 0 Å². The molecule has 10 saturated heterocycles. The molecule has 2 nitrogen and oxygen atoms in total. The van der Waals surface area contributed by atoms with E-state index in [0.29, 0.717) is 14.3 Å². The molecular weight excluding hydrogens is 453 g/mol. The summed E-state index contributed by atoms with van der Waals surface area (Å²) in [4.78, 5) is 15.1. The zero-order valence-electron chi connectivity index (χ0n) is 18.2. The molecule has 0 amide bonds. The van der Waals surface area contributed by atoms with E-state index in [9.17, 15) is 0 Å². The maximum absolute atomic E-state index is 6.63. The Labute approximate surface area is 179 Å². The van der Waals surface area contributed by atoms with Crippen molar-refractivity contribution in [1.82, 2.24) is 4.98 Å². The third kappa shape index (κ3) is 0.289. The monoisotopic (exact) mass is 479 g/mol. The number of benzene rings is 2. The second-order valence-corrected chi connectivity index (χ2v) is 41.0. The number of oxazole rings is 1. The molecule has 10 fully saturated rings. The van der Waals surface area contributed by atoms with E-state index in [-0.39, 0.29) is 7.92 Å². The van der Waals surface area contributed by atoms with E-state index in [1.165, 1.54) is 45.3 Å². The Kier molecular flexibility index (Phi) is 0.914. The van der Waals surface area contributed by atoms with Crippen molar-refractivity contribution in [3.05, 3.63) is 78.5 Å². The number of nitrogens with zero attached hydrogens (tertiary/aromatic N) is 1. The van der Waals surface area contributed by atoms with Crippen LogP contribution < -0.4 is 10.6 Å². The van der Waals surface area contributed by atoms with E-state index in [0.717, 1.165) is 4.82 Å². The Morgan fingerprint density at radius 3 is 1.81 bits per heavy atom. The summed E-state index contributed by atoms with van der Waals surface area (Å²) in [6.45, 7) is 0.779. The first-order valence-electron chi connectivity index (χ1n) is 12.5. The minimum atomic E-state index is -3.77. The van der Waals surface area contributed by atoms with Crippen molar-refractivity contribution >= 4 is 18.5 Å². The molecule has 162 valence electrons. The molecular formula is C28H26FeNOP. The number of hydrogen-bond acceptors (Lipinski definition) is 2. The normalized spacial score (nSPS) is 71.4. The average Bonchev–Trinajstić information content (AvgIpc) is 3.69. The van der Waals surface area contributed by atoms with E-state index >= 15 is 0 Å². The van der Waals surface area contributed by atoms with Gasteiger partial charge >= 0.3 is 180 Å². The predicted octanol–water partition coefficient (Wildman–Crippen LogP) is 6.63. The van der Waals surface area contributed by atoms with E-state index in [1.54, 1.807) is 10.6 Å². The summed E-state index contributed by atoms with van der Waals surface area (Å²) in [5.41, 5.74) is 1.20. The molecule has 11 heterocycles. The fraction of sp³-hybridized carbons (Fsp3) is 0.464. The van der Waals surface area contributed by atoms with Gasteiger partial charge in [0.05, 0.1) is 0 Å². The second kappa shape index (κ2) is 1.98. The molecule has 0 aliphatic carbocycles. The van der Waals surface area contributed by atoms with Crippen LogP contribution in [0.4, 0.5) is 0 Å². The van der Waals surface area contributed by atoms with Crippen LogP contribution >= 0.6 is 7.92 Å². The van der Waals surface area contributed by atoms with Crippen LogP contribution in [0, 0.1) is 0 Å². The fourth-order valence-electron chi connectivity index (χ4n) is 20.1. The van der Waals surface area contributed by atoms with Gasteiger partial charge in [0.1, 0.15) is 0 Å². The van der Waals surface area contributed by atoms with Gasteiger partial charge in [-0.05, 0) is 0 Å². The van der Waals surface area contributed by atoms with Crippen molar-refractivity contribution in [2.24, 2.45) is 0 Å². The molecule has 13 rings (SSSR count). The fourth-order valence-corrected chi connectivity index (χ4v) is 110. The molecule has 10 aliphatic rings. The molecule has 1 spiro atoms. The molecule has 10 aliphatic heterocycles. The van der Waals surface area contributed by atoms with Crippen molar-refractivity contribution in [3.63, 3.8) is 0 Å². The van der Waals surface area contributed by atoms with Crippen molar-refractivity contribution < 1.29 is 10.9 Å². The Morgan fingerprint density at radius 2 is 1.38 bits per heavy atom. The van der Waals surface area contributed by atoms with Crippen LogP contribution in [0.15, 0.2) is 71.3 Å². The second-order valence-electron chi connectivity index (χ2n) is 14.9. The van der Waals surface area contributed by atoms with Crippen LogP contribution in [0.5, 0.6) is 0 Å². The summed E-state index contributed by atoms with van der Waals surface area (Å²) in [7, 11) is -0.347. The third-order valence-electron chi connectivity index (χ3n) is 18.6. The van der Waals surface area contributed by atoms with Gasteiger partial charge in [-0.1, -0.05) is 0 Å². The van der Waals surface area contributed by atoms with Crippen molar-refractivity contribution in [3.8, 4) is 0 Å². The van der Waals surface area contributed by atoms with Gasteiger partial charge in [0.25, 0.3) is 0 Å². The quantitative estimate of drug-likeness (QED) is 0.303. The molecule has 2 aromatic carbocycles.